The van der Waals surface area contributed by atoms with E-state index < -0.39 is 0 Å². The van der Waals surface area contributed by atoms with Crippen molar-refractivity contribution in [2.45, 2.75) is 6.92 Å². The summed E-state index contributed by atoms with van der Waals surface area (Å²) >= 11 is 0. The van der Waals surface area contributed by atoms with Crippen molar-refractivity contribution in [2.24, 2.45) is 0 Å². The van der Waals surface area contributed by atoms with Gasteiger partial charge in [-0.25, -0.2) is 9.97 Å². The van der Waals surface area contributed by atoms with Gasteiger partial charge in [-0.3, -0.25) is 9.78 Å². The molecule has 0 spiro atoms. The number of aldehydes is 1. The minimum absolute atomic E-state index is 0.551. The van der Waals surface area contributed by atoms with Crippen LogP contribution in [0.1, 0.15) is 16.1 Å². The number of hydrogen-bond donors (Lipinski definition) is 0. The molecule has 0 saturated heterocycles. The fourth-order valence-electron chi connectivity index (χ4n) is 1.40. The quantitative estimate of drug-likeness (QED) is 0.690. The molecule has 4 heteroatoms. The molecule has 15 heavy (non-hydrogen) atoms. The van der Waals surface area contributed by atoms with E-state index >= 15 is 0 Å². The number of carbonyl (C=O) groups excluding carboxylic acids is 1. The van der Waals surface area contributed by atoms with Gasteiger partial charge in [0.1, 0.15) is 6.33 Å². The standard InChI is InChI=1S/C11H9N3O/c1-8-11(5-13-7-14-8)10-2-3-12-4-9(10)6-15/h2-7H,1H3. The van der Waals surface area contributed by atoms with Crippen molar-refractivity contribution in [2.75, 3.05) is 0 Å². The van der Waals surface area contributed by atoms with Crippen molar-refractivity contribution in [1.29, 1.82) is 0 Å². The summed E-state index contributed by atoms with van der Waals surface area (Å²) in [5.41, 5.74) is 3.08. The van der Waals surface area contributed by atoms with Crippen LogP contribution < -0.4 is 0 Å². The highest BCUT2D eigenvalue weighted by molar-refractivity contribution is 5.87. The van der Waals surface area contributed by atoms with Gasteiger partial charge in [0.25, 0.3) is 0 Å². The fraction of sp³-hybridized carbons (Fsp3) is 0.0909. The maximum atomic E-state index is 10.8. The smallest absolute Gasteiger partial charge is 0.152 e. The number of carbonyl (C=O) groups is 1. The third kappa shape index (κ3) is 1.74. The normalized spacial score (nSPS) is 9.93. The van der Waals surface area contributed by atoms with E-state index in [1.165, 1.54) is 12.5 Å². The molecule has 0 aliphatic rings. The monoisotopic (exact) mass is 199 g/mol. The number of aryl methyl sites for hydroxylation is 1. The van der Waals surface area contributed by atoms with Crippen LogP contribution in [-0.4, -0.2) is 21.2 Å². The second kappa shape index (κ2) is 3.96. The molecule has 0 bridgehead atoms. The highest BCUT2D eigenvalue weighted by Crippen LogP contribution is 2.22. The van der Waals surface area contributed by atoms with Crippen molar-refractivity contribution in [3.63, 3.8) is 0 Å². The van der Waals surface area contributed by atoms with E-state index in [0.717, 1.165) is 23.1 Å². The van der Waals surface area contributed by atoms with Crippen molar-refractivity contribution >= 4 is 6.29 Å². The van der Waals surface area contributed by atoms with Gasteiger partial charge in [0.2, 0.25) is 0 Å². The van der Waals surface area contributed by atoms with Gasteiger partial charge in [-0.05, 0) is 18.6 Å². The predicted octanol–water partition coefficient (Wildman–Crippen LogP) is 1.66. The summed E-state index contributed by atoms with van der Waals surface area (Å²) in [6, 6.07) is 1.79. The third-order valence-corrected chi connectivity index (χ3v) is 2.18. The third-order valence-electron chi connectivity index (χ3n) is 2.18. The van der Waals surface area contributed by atoms with Gasteiger partial charge in [-0.1, -0.05) is 0 Å². The van der Waals surface area contributed by atoms with E-state index in [-0.39, 0.29) is 0 Å². The van der Waals surface area contributed by atoms with Crippen LogP contribution in [0.5, 0.6) is 0 Å². The molecule has 0 aromatic carbocycles. The summed E-state index contributed by atoms with van der Waals surface area (Å²) in [5.74, 6) is 0. The van der Waals surface area contributed by atoms with Crippen LogP contribution in [0, 0.1) is 6.92 Å². The highest BCUT2D eigenvalue weighted by Gasteiger charge is 2.07. The van der Waals surface area contributed by atoms with Crippen LogP contribution in [0.4, 0.5) is 0 Å². The summed E-state index contributed by atoms with van der Waals surface area (Å²) in [5, 5.41) is 0. The zero-order chi connectivity index (χ0) is 10.7. The number of pyridine rings is 1. The van der Waals surface area contributed by atoms with Crippen molar-refractivity contribution < 1.29 is 4.79 Å². The fourth-order valence-corrected chi connectivity index (χ4v) is 1.40. The summed E-state index contributed by atoms with van der Waals surface area (Å²) in [6.45, 7) is 1.88. The lowest BCUT2D eigenvalue weighted by atomic mass is 10.0. The van der Waals surface area contributed by atoms with Crippen LogP contribution in [0.25, 0.3) is 11.1 Å². The molecule has 2 aromatic rings. The first-order valence-corrected chi connectivity index (χ1v) is 4.49. The molecule has 0 atom stereocenters. The first-order valence-electron chi connectivity index (χ1n) is 4.49. The van der Waals surface area contributed by atoms with Crippen LogP contribution in [0.3, 0.4) is 0 Å². The van der Waals surface area contributed by atoms with E-state index in [0.29, 0.717) is 5.56 Å². The summed E-state index contributed by atoms with van der Waals surface area (Å²) in [4.78, 5) is 22.8. The molecule has 0 unspecified atom stereocenters. The van der Waals surface area contributed by atoms with Gasteiger partial charge >= 0.3 is 0 Å². The molecule has 2 rings (SSSR count). The molecule has 0 aliphatic heterocycles. The number of rotatable bonds is 2. The molecule has 0 amide bonds. The SMILES string of the molecule is Cc1ncncc1-c1ccncc1C=O. The van der Waals surface area contributed by atoms with Gasteiger partial charge in [0, 0.05) is 35.4 Å². The Morgan fingerprint density at radius 2 is 2.07 bits per heavy atom. The van der Waals surface area contributed by atoms with Crippen molar-refractivity contribution in [3.05, 3.63) is 42.2 Å². The van der Waals surface area contributed by atoms with Gasteiger partial charge in [0.05, 0.1) is 0 Å². The number of aromatic nitrogens is 3. The lowest BCUT2D eigenvalue weighted by Gasteiger charge is -2.05. The van der Waals surface area contributed by atoms with E-state index in [2.05, 4.69) is 15.0 Å². The molecule has 0 fully saturated rings. The van der Waals surface area contributed by atoms with Crippen LogP contribution in [0.2, 0.25) is 0 Å². The topological polar surface area (TPSA) is 55.7 Å². The maximum Gasteiger partial charge on any atom is 0.152 e. The molecule has 0 aliphatic carbocycles. The average molecular weight is 199 g/mol. The van der Waals surface area contributed by atoms with E-state index in [4.69, 9.17) is 0 Å². The first-order chi connectivity index (χ1) is 7.33. The first kappa shape index (κ1) is 9.45. The Morgan fingerprint density at radius 1 is 1.20 bits per heavy atom. The Bertz CT molecular complexity index is 497. The maximum absolute atomic E-state index is 10.8. The molecule has 2 aromatic heterocycles. The van der Waals surface area contributed by atoms with Crippen molar-refractivity contribution in [3.8, 4) is 11.1 Å². The largest absolute Gasteiger partial charge is 0.298 e. The molecule has 0 N–H and O–H groups in total. The van der Waals surface area contributed by atoms with Gasteiger partial charge in [0.15, 0.2) is 6.29 Å². The average Bonchev–Trinajstić information content (AvgIpc) is 2.30. The summed E-state index contributed by atoms with van der Waals surface area (Å²) in [7, 11) is 0. The molecular formula is C11H9N3O. The molecule has 4 nitrogen and oxygen atoms in total. The molecule has 0 saturated carbocycles. The van der Waals surface area contributed by atoms with E-state index in [9.17, 15) is 4.79 Å². The Morgan fingerprint density at radius 3 is 2.80 bits per heavy atom. The Kier molecular flexibility index (Phi) is 2.49. The molecule has 74 valence electrons. The molecule has 0 radical (unpaired) electrons. The minimum atomic E-state index is 0.551. The Labute approximate surface area is 87.0 Å². The zero-order valence-corrected chi connectivity index (χ0v) is 8.21. The minimum Gasteiger partial charge on any atom is -0.298 e. The summed E-state index contributed by atoms with van der Waals surface area (Å²) < 4.78 is 0. The Balaban J connectivity index is 2.64. The number of hydrogen-bond acceptors (Lipinski definition) is 4. The summed E-state index contributed by atoms with van der Waals surface area (Å²) in [6.07, 6.45) is 7.16. The predicted molar refractivity (Wildman–Crippen MR) is 55.4 cm³/mol. The van der Waals surface area contributed by atoms with Crippen LogP contribution in [-0.2, 0) is 0 Å². The van der Waals surface area contributed by atoms with Crippen LogP contribution >= 0.6 is 0 Å². The van der Waals surface area contributed by atoms with Crippen LogP contribution in [0.15, 0.2) is 31.0 Å². The molecule has 2 heterocycles. The van der Waals surface area contributed by atoms with Gasteiger partial charge in [-0.15, -0.1) is 0 Å². The second-order valence-electron chi connectivity index (χ2n) is 3.10. The number of nitrogens with zero attached hydrogens (tertiary/aromatic N) is 3. The van der Waals surface area contributed by atoms with E-state index in [1.54, 1.807) is 18.5 Å². The second-order valence-corrected chi connectivity index (χ2v) is 3.10. The van der Waals surface area contributed by atoms with E-state index in [1.807, 2.05) is 6.92 Å². The molecular weight excluding hydrogens is 190 g/mol. The van der Waals surface area contributed by atoms with Gasteiger partial charge in [-0.2, -0.15) is 0 Å². The Hall–Kier alpha value is -2.10. The lowest BCUT2D eigenvalue weighted by molar-refractivity contribution is 0.112. The highest BCUT2D eigenvalue weighted by atomic mass is 16.1. The van der Waals surface area contributed by atoms with Gasteiger partial charge < -0.3 is 0 Å². The van der Waals surface area contributed by atoms with Crippen molar-refractivity contribution in [1.82, 2.24) is 15.0 Å². The zero-order valence-electron chi connectivity index (χ0n) is 8.21. The lowest BCUT2D eigenvalue weighted by Crippen LogP contribution is -1.93.